The first kappa shape index (κ1) is 31.7. The van der Waals surface area contributed by atoms with Crippen molar-refractivity contribution in [3.63, 3.8) is 0 Å². The predicted octanol–water partition coefficient (Wildman–Crippen LogP) is 14.3. The van der Waals surface area contributed by atoms with Crippen LogP contribution in [0.2, 0.25) is 0 Å². The van der Waals surface area contributed by atoms with Crippen LogP contribution in [0.25, 0.3) is 105 Å². The van der Waals surface area contributed by atoms with E-state index in [9.17, 15) is 0 Å². The van der Waals surface area contributed by atoms with Gasteiger partial charge in [-0.05, 0) is 101 Å². The van der Waals surface area contributed by atoms with Gasteiger partial charge in [0.15, 0.2) is 0 Å². The number of hydrogen-bond acceptors (Lipinski definition) is 0. The minimum absolute atomic E-state index is 1.13. The van der Waals surface area contributed by atoms with Gasteiger partial charge in [0, 0.05) is 49.4 Å². The van der Waals surface area contributed by atoms with Crippen LogP contribution in [0.15, 0.2) is 212 Å². The molecular weight excluding hydrogens is 691 g/mol. The molecule has 3 nitrogen and oxygen atoms in total. The topological polar surface area (TPSA) is 14.8 Å². The van der Waals surface area contributed by atoms with E-state index in [1.165, 1.54) is 87.7 Å². The zero-order valence-corrected chi connectivity index (χ0v) is 31.0. The molecule has 0 amide bonds. The van der Waals surface area contributed by atoms with Crippen molar-refractivity contribution in [1.29, 1.82) is 0 Å². The summed E-state index contributed by atoms with van der Waals surface area (Å²) in [5.74, 6) is 0. The van der Waals surface area contributed by atoms with Crippen molar-refractivity contribution in [3.8, 4) is 39.3 Å². The second kappa shape index (κ2) is 12.5. The van der Waals surface area contributed by atoms with Gasteiger partial charge >= 0.3 is 0 Å². The van der Waals surface area contributed by atoms with Crippen LogP contribution < -0.4 is 0 Å². The molecule has 12 rings (SSSR count). The lowest BCUT2D eigenvalue weighted by atomic mass is 9.97. The minimum Gasteiger partial charge on any atom is -0.309 e. The van der Waals surface area contributed by atoms with Crippen LogP contribution in [0.5, 0.6) is 0 Å². The number of rotatable bonds is 5. The van der Waals surface area contributed by atoms with Crippen molar-refractivity contribution in [1.82, 2.24) is 13.7 Å². The van der Waals surface area contributed by atoms with E-state index in [-0.39, 0.29) is 0 Å². The molecule has 0 fully saturated rings. The summed E-state index contributed by atoms with van der Waals surface area (Å²) in [7, 11) is 0. The summed E-state index contributed by atoms with van der Waals surface area (Å²) in [6, 6.07) is 77.5. The standard InChI is InChI=1S/C54H35N3/c1-2-15-36(16-3-1)38-31-39(34-42(33-38)57-51-26-11-6-21-45(51)46-22-7-12-27-52(46)57)37-17-14-18-40(32-37)55-53-28-13-8-23-47(53)48-35-41(29-30-54(48)55)56-49-24-9-4-19-43(49)44-20-5-10-25-50(44)56/h1-35H. The molecule has 0 radical (unpaired) electrons. The summed E-state index contributed by atoms with van der Waals surface area (Å²) in [5, 5.41) is 7.52. The lowest BCUT2D eigenvalue weighted by Gasteiger charge is -2.15. The van der Waals surface area contributed by atoms with E-state index in [2.05, 4.69) is 226 Å². The number of fused-ring (bicyclic) bond motifs is 9. The molecule has 3 heteroatoms. The first-order valence-electron chi connectivity index (χ1n) is 19.6. The van der Waals surface area contributed by atoms with Gasteiger partial charge in [-0.3, -0.25) is 0 Å². The van der Waals surface area contributed by atoms with E-state index in [1.807, 2.05) is 0 Å². The molecule has 0 spiro atoms. The Bertz CT molecular complexity index is 3420. The second-order valence-corrected chi connectivity index (χ2v) is 15.0. The Morgan fingerprint density at radius 2 is 0.561 bits per heavy atom. The number of nitrogens with zero attached hydrogens (tertiary/aromatic N) is 3. The fourth-order valence-corrected chi connectivity index (χ4v) is 9.31. The van der Waals surface area contributed by atoms with Crippen LogP contribution in [-0.2, 0) is 0 Å². The zero-order chi connectivity index (χ0) is 37.5. The minimum atomic E-state index is 1.13. The van der Waals surface area contributed by atoms with Gasteiger partial charge in [0.05, 0.1) is 33.1 Å². The first-order chi connectivity index (χ1) is 28.3. The van der Waals surface area contributed by atoms with Crippen LogP contribution in [0.1, 0.15) is 0 Å². The molecule has 0 saturated heterocycles. The highest BCUT2D eigenvalue weighted by molar-refractivity contribution is 6.13. The van der Waals surface area contributed by atoms with Crippen LogP contribution in [-0.4, -0.2) is 13.7 Å². The zero-order valence-electron chi connectivity index (χ0n) is 31.0. The highest BCUT2D eigenvalue weighted by atomic mass is 15.0. The molecule has 266 valence electrons. The van der Waals surface area contributed by atoms with Crippen molar-refractivity contribution in [2.24, 2.45) is 0 Å². The summed E-state index contributed by atoms with van der Waals surface area (Å²) < 4.78 is 7.26. The lowest BCUT2D eigenvalue weighted by Crippen LogP contribution is -1.97. The average molecular weight is 726 g/mol. The molecule has 9 aromatic carbocycles. The third-order valence-corrected chi connectivity index (χ3v) is 11.8. The summed E-state index contributed by atoms with van der Waals surface area (Å²) in [6.45, 7) is 0. The van der Waals surface area contributed by atoms with Crippen molar-refractivity contribution < 1.29 is 0 Å². The van der Waals surface area contributed by atoms with Crippen molar-refractivity contribution in [2.45, 2.75) is 0 Å². The summed E-state index contributed by atoms with van der Waals surface area (Å²) in [6.07, 6.45) is 0. The number of hydrogen-bond donors (Lipinski definition) is 0. The van der Waals surface area contributed by atoms with Gasteiger partial charge in [0.25, 0.3) is 0 Å². The van der Waals surface area contributed by atoms with E-state index >= 15 is 0 Å². The van der Waals surface area contributed by atoms with Gasteiger partial charge in [-0.1, -0.05) is 133 Å². The Morgan fingerprint density at radius 3 is 1.09 bits per heavy atom. The molecular formula is C54H35N3. The number of para-hydroxylation sites is 5. The van der Waals surface area contributed by atoms with Gasteiger partial charge in [-0.15, -0.1) is 0 Å². The van der Waals surface area contributed by atoms with E-state index in [1.54, 1.807) is 0 Å². The number of aromatic nitrogens is 3. The van der Waals surface area contributed by atoms with Gasteiger partial charge in [-0.2, -0.15) is 0 Å². The third kappa shape index (κ3) is 4.86. The van der Waals surface area contributed by atoms with Crippen LogP contribution in [0, 0.1) is 0 Å². The smallest absolute Gasteiger partial charge is 0.0542 e. The van der Waals surface area contributed by atoms with E-state index in [0.29, 0.717) is 0 Å². The third-order valence-electron chi connectivity index (χ3n) is 11.8. The Hall–Kier alpha value is -7.62. The maximum absolute atomic E-state index is 2.43. The molecule has 0 unspecified atom stereocenters. The quantitative estimate of drug-likeness (QED) is 0.168. The first-order valence-corrected chi connectivity index (χ1v) is 19.6. The Kier molecular flexibility index (Phi) is 6.93. The maximum atomic E-state index is 2.43. The monoisotopic (exact) mass is 725 g/mol. The summed E-state index contributed by atoms with van der Waals surface area (Å²) in [5.41, 5.74) is 15.4. The van der Waals surface area contributed by atoms with Crippen LogP contribution in [0.4, 0.5) is 0 Å². The normalized spacial score (nSPS) is 11.9. The van der Waals surface area contributed by atoms with Crippen molar-refractivity contribution >= 4 is 65.4 Å². The molecule has 0 aliphatic carbocycles. The molecule has 0 aliphatic rings. The largest absolute Gasteiger partial charge is 0.309 e. The fourth-order valence-electron chi connectivity index (χ4n) is 9.31. The Balaban J connectivity index is 1.06. The van der Waals surface area contributed by atoms with Gasteiger partial charge in [-0.25, -0.2) is 0 Å². The SMILES string of the molecule is c1ccc(-c2cc(-c3cccc(-n4c5ccccc5c5cc(-n6c7ccccc7c7ccccc76)ccc54)c3)cc(-n3c4ccccc4c4ccccc43)c2)cc1. The molecule has 3 aromatic heterocycles. The second-order valence-electron chi connectivity index (χ2n) is 15.0. The molecule has 0 saturated carbocycles. The summed E-state index contributed by atoms with van der Waals surface area (Å²) in [4.78, 5) is 0. The maximum Gasteiger partial charge on any atom is 0.0542 e. The van der Waals surface area contributed by atoms with E-state index < -0.39 is 0 Å². The lowest BCUT2D eigenvalue weighted by molar-refractivity contribution is 1.16. The molecule has 0 N–H and O–H groups in total. The highest BCUT2D eigenvalue weighted by Crippen LogP contribution is 2.39. The van der Waals surface area contributed by atoms with Gasteiger partial charge in [0.2, 0.25) is 0 Å². The molecule has 0 aliphatic heterocycles. The molecule has 0 atom stereocenters. The Labute approximate surface area is 329 Å². The molecule has 12 aromatic rings. The van der Waals surface area contributed by atoms with Crippen LogP contribution >= 0.6 is 0 Å². The van der Waals surface area contributed by atoms with Crippen LogP contribution in [0.3, 0.4) is 0 Å². The molecule has 3 heterocycles. The van der Waals surface area contributed by atoms with E-state index in [0.717, 1.165) is 17.1 Å². The van der Waals surface area contributed by atoms with E-state index in [4.69, 9.17) is 0 Å². The number of benzene rings is 9. The average Bonchev–Trinajstić information content (AvgIpc) is 3.92. The highest BCUT2D eigenvalue weighted by Gasteiger charge is 2.18. The van der Waals surface area contributed by atoms with Gasteiger partial charge < -0.3 is 13.7 Å². The van der Waals surface area contributed by atoms with Crippen molar-refractivity contribution in [2.75, 3.05) is 0 Å². The molecule has 0 bridgehead atoms. The van der Waals surface area contributed by atoms with Gasteiger partial charge in [0.1, 0.15) is 0 Å². The summed E-state index contributed by atoms with van der Waals surface area (Å²) >= 11 is 0. The fraction of sp³-hybridized carbons (Fsp3) is 0. The molecule has 57 heavy (non-hydrogen) atoms. The van der Waals surface area contributed by atoms with Crippen molar-refractivity contribution in [3.05, 3.63) is 212 Å². The predicted molar refractivity (Wildman–Crippen MR) is 240 cm³/mol. The Morgan fingerprint density at radius 1 is 0.193 bits per heavy atom.